The van der Waals surface area contributed by atoms with Gasteiger partial charge in [-0.3, -0.25) is 4.79 Å². The molecule has 0 fully saturated rings. The van der Waals surface area contributed by atoms with Gasteiger partial charge < -0.3 is 9.74 Å². The molecule has 1 heterocycles. The van der Waals surface area contributed by atoms with Gasteiger partial charge in [0.1, 0.15) is 11.6 Å². The summed E-state index contributed by atoms with van der Waals surface area (Å²) in [4.78, 5) is 20.2. The Kier molecular flexibility index (Phi) is 5.84. The van der Waals surface area contributed by atoms with Gasteiger partial charge in [-0.1, -0.05) is 59.8 Å². The van der Waals surface area contributed by atoms with Crippen molar-refractivity contribution in [2.24, 2.45) is 5.16 Å². The van der Waals surface area contributed by atoms with Crippen LogP contribution >= 0.6 is 0 Å². The van der Waals surface area contributed by atoms with Crippen molar-refractivity contribution in [3.63, 3.8) is 0 Å². The van der Waals surface area contributed by atoms with E-state index in [9.17, 15) is 13.6 Å². The summed E-state index contributed by atoms with van der Waals surface area (Å²) in [6.07, 6.45) is 0.103. The van der Waals surface area contributed by atoms with Gasteiger partial charge in [-0.2, -0.15) is 0 Å². The Morgan fingerprint density at radius 3 is 2.40 bits per heavy atom. The summed E-state index contributed by atoms with van der Waals surface area (Å²) < 4.78 is 27.4. The van der Waals surface area contributed by atoms with Crippen molar-refractivity contribution in [3.05, 3.63) is 107 Å². The highest BCUT2D eigenvalue weighted by molar-refractivity contribution is 6.01. The van der Waals surface area contributed by atoms with E-state index in [2.05, 4.69) is 5.16 Å². The number of nitrogens with zero attached hydrogens (tertiary/aromatic N) is 2. The lowest BCUT2D eigenvalue weighted by Gasteiger charge is -2.25. The number of hydrogen-bond donors (Lipinski definition) is 0. The summed E-state index contributed by atoms with van der Waals surface area (Å²) in [5.41, 5.74) is 2.41. The zero-order chi connectivity index (χ0) is 20.9. The number of oxime groups is 1. The van der Waals surface area contributed by atoms with Crippen molar-refractivity contribution in [2.45, 2.75) is 19.1 Å². The van der Waals surface area contributed by atoms with Gasteiger partial charge in [0.2, 0.25) is 0 Å². The van der Waals surface area contributed by atoms with Crippen molar-refractivity contribution in [2.75, 3.05) is 6.54 Å². The molecule has 6 heteroatoms. The predicted molar refractivity (Wildman–Crippen MR) is 110 cm³/mol. The standard InChI is InChI=1S/C24H20F2N2O2/c25-19-12-10-18(11-13-19)23-14-20(30-27-23)16-28(15-17-6-2-1-3-7-17)24(29)21-8-4-5-9-22(21)26/h1-13,20H,14-16H2/t20-/m0/s1. The first-order valence-electron chi connectivity index (χ1n) is 9.66. The van der Waals surface area contributed by atoms with E-state index < -0.39 is 11.7 Å². The Bertz CT molecular complexity index is 1050. The van der Waals surface area contributed by atoms with Gasteiger partial charge in [-0.05, 0) is 35.4 Å². The molecule has 4 nitrogen and oxygen atoms in total. The van der Waals surface area contributed by atoms with Crippen molar-refractivity contribution in [3.8, 4) is 0 Å². The lowest BCUT2D eigenvalue weighted by Crippen LogP contribution is -2.37. The average Bonchev–Trinajstić information content (AvgIpc) is 3.23. The van der Waals surface area contributed by atoms with E-state index in [0.717, 1.165) is 11.1 Å². The Morgan fingerprint density at radius 2 is 1.67 bits per heavy atom. The van der Waals surface area contributed by atoms with Crippen LogP contribution in [-0.4, -0.2) is 29.2 Å². The van der Waals surface area contributed by atoms with Gasteiger partial charge in [-0.15, -0.1) is 0 Å². The fraction of sp³-hybridized carbons (Fsp3) is 0.167. The third-order valence-electron chi connectivity index (χ3n) is 4.94. The normalized spacial score (nSPS) is 15.4. The predicted octanol–water partition coefficient (Wildman–Crippen LogP) is 4.80. The number of carbonyl (C=O) groups excluding carboxylic acids is 1. The highest BCUT2D eigenvalue weighted by Crippen LogP contribution is 2.21. The monoisotopic (exact) mass is 406 g/mol. The van der Waals surface area contributed by atoms with Crippen molar-refractivity contribution < 1.29 is 18.4 Å². The maximum atomic E-state index is 14.2. The molecule has 3 aromatic rings. The number of benzene rings is 3. The minimum atomic E-state index is -0.559. The fourth-order valence-corrected chi connectivity index (χ4v) is 3.41. The maximum absolute atomic E-state index is 14.2. The number of hydrogen-bond acceptors (Lipinski definition) is 3. The highest BCUT2D eigenvalue weighted by atomic mass is 19.1. The van der Waals surface area contributed by atoms with E-state index in [4.69, 9.17) is 4.84 Å². The molecule has 0 N–H and O–H groups in total. The van der Waals surface area contributed by atoms with E-state index in [1.165, 1.54) is 24.3 Å². The Balaban J connectivity index is 1.51. The topological polar surface area (TPSA) is 41.9 Å². The molecule has 0 saturated heterocycles. The van der Waals surface area contributed by atoms with Crippen LogP contribution in [0.15, 0.2) is 84.0 Å². The molecule has 1 aliphatic rings. The van der Waals surface area contributed by atoms with Crippen LogP contribution in [0.5, 0.6) is 0 Å². The van der Waals surface area contributed by atoms with Crippen LogP contribution in [0.4, 0.5) is 8.78 Å². The fourth-order valence-electron chi connectivity index (χ4n) is 3.41. The molecular formula is C24H20F2N2O2. The van der Waals surface area contributed by atoms with Crippen LogP contribution in [0.2, 0.25) is 0 Å². The summed E-state index contributed by atoms with van der Waals surface area (Å²) >= 11 is 0. The summed E-state index contributed by atoms with van der Waals surface area (Å²) in [5.74, 6) is -1.29. The van der Waals surface area contributed by atoms with Gasteiger partial charge in [0, 0.05) is 13.0 Å². The van der Waals surface area contributed by atoms with Crippen molar-refractivity contribution in [1.82, 2.24) is 4.90 Å². The van der Waals surface area contributed by atoms with Gasteiger partial charge in [-0.25, -0.2) is 8.78 Å². The van der Waals surface area contributed by atoms with Crippen LogP contribution in [0.1, 0.15) is 27.9 Å². The highest BCUT2D eigenvalue weighted by Gasteiger charge is 2.28. The summed E-state index contributed by atoms with van der Waals surface area (Å²) in [6.45, 7) is 0.565. The lowest BCUT2D eigenvalue weighted by molar-refractivity contribution is 0.0402. The Hall–Kier alpha value is -3.54. The molecule has 0 bridgehead atoms. The number of amides is 1. The van der Waals surface area contributed by atoms with Crippen LogP contribution in [0.3, 0.4) is 0 Å². The van der Waals surface area contributed by atoms with Gasteiger partial charge >= 0.3 is 0 Å². The quantitative estimate of drug-likeness (QED) is 0.590. The summed E-state index contributed by atoms with van der Waals surface area (Å²) in [5, 5.41) is 4.11. The second-order valence-corrected chi connectivity index (χ2v) is 7.13. The maximum Gasteiger partial charge on any atom is 0.257 e. The van der Waals surface area contributed by atoms with Gasteiger partial charge in [0.15, 0.2) is 6.10 Å². The van der Waals surface area contributed by atoms with Crippen LogP contribution in [-0.2, 0) is 11.4 Å². The summed E-state index contributed by atoms with van der Waals surface area (Å²) in [6, 6.07) is 21.5. The van der Waals surface area contributed by atoms with Crippen LogP contribution in [0, 0.1) is 11.6 Å². The molecule has 1 atom stereocenters. The Labute approximate surface area is 173 Å². The molecule has 0 spiro atoms. The minimum Gasteiger partial charge on any atom is -0.390 e. The first-order valence-corrected chi connectivity index (χ1v) is 9.66. The van der Waals surface area contributed by atoms with E-state index >= 15 is 0 Å². The molecule has 0 unspecified atom stereocenters. The smallest absolute Gasteiger partial charge is 0.257 e. The largest absolute Gasteiger partial charge is 0.390 e. The van der Waals surface area contributed by atoms with E-state index in [-0.39, 0.29) is 24.0 Å². The van der Waals surface area contributed by atoms with Crippen LogP contribution < -0.4 is 0 Å². The van der Waals surface area contributed by atoms with Gasteiger partial charge in [0.05, 0.1) is 17.8 Å². The molecule has 0 aliphatic carbocycles. The lowest BCUT2D eigenvalue weighted by atomic mass is 10.0. The third kappa shape index (κ3) is 4.54. The molecule has 0 saturated carbocycles. The molecule has 0 aromatic heterocycles. The van der Waals surface area contributed by atoms with E-state index in [1.807, 2.05) is 30.3 Å². The number of carbonyl (C=O) groups is 1. The second kappa shape index (κ2) is 8.86. The SMILES string of the molecule is O=C(c1ccccc1F)N(Cc1ccccc1)C[C@@H]1CC(c2ccc(F)cc2)=NO1. The molecule has 1 amide bonds. The third-order valence-corrected chi connectivity index (χ3v) is 4.94. The molecule has 1 aliphatic heterocycles. The number of rotatable bonds is 6. The molecule has 152 valence electrons. The first-order chi connectivity index (χ1) is 14.6. The molecule has 3 aromatic carbocycles. The average molecular weight is 406 g/mol. The molecular weight excluding hydrogens is 386 g/mol. The molecule has 4 rings (SSSR count). The van der Waals surface area contributed by atoms with Crippen molar-refractivity contribution in [1.29, 1.82) is 0 Å². The van der Waals surface area contributed by atoms with E-state index in [0.29, 0.717) is 18.7 Å². The number of halogens is 2. The Morgan fingerprint density at radius 1 is 0.967 bits per heavy atom. The minimum absolute atomic E-state index is 0.0195. The van der Waals surface area contributed by atoms with Gasteiger partial charge in [0.25, 0.3) is 5.91 Å². The molecule has 30 heavy (non-hydrogen) atoms. The summed E-state index contributed by atoms with van der Waals surface area (Å²) in [7, 11) is 0. The first kappa shape index (κ1) is 19.8. The molecule has 0 radical (unpaired) electrons. The van der Waals surface area contributed by atoms with E-state index in [1.54, 1.807) is 29.2 Å². The zero-order valence-corrected chi connectivity index (χ0v) is 16.2. The second-order valence-electron chi connectivity index (χ2n) is 7.13. The van der Waals surface area contributed by atoms with Crippen molar-refractivity contribution >= 4 is 11.6 Å². The van der Waals surface area contributed by atoms with Crippen LogP contribution in [0.25, 0.3) is 0 Å². The zero-order valence-electron chi connectivity index (χ0n) is 16.2.